The van der Waals surface area contributed by atoms with Gasteiger partial charge in [0, 0.05) is 16.1 Å². The Hall–Kier alpha value is -1.69. The van der Waals surface area contributed by atoms with Crippen molar-refractivity contribution >= 4 is 22.4 Å². The average Bonchev–Trinajstić information content (AvgIpc) is 3.04. The van der Waals surface area contributed by atoms with Gasteiger partial charge in [0.05, 0.1) is 17.3 Å². The normalized spacial score (nSPS) is 15.2. The van der Waals surface area contributed by atoms with E-state index in [1.54, 1.807) is 11.3 Å². The minimum absolute atomic E-state index is 0.0231. The lowest BCUT2D eigenvalue weighted by atomic mass is 9.98. The molecular formula is C14H18N4OS. The number of H-pyrrole nitrogens is 1. The Morgan fingerprint density at radius 2 is 2.20 bits per heavy atom. The van der Waals surface area contributed by atoms with Crippen molar-refractivity contribution in [1.82, 2.24) is 15.2 Å². The van der Waals surface area contributed by atoms with Crippen molar-refractivity contribution in [3.8, 4) is 0 Å². The number of hydrogen-bond donors (Lipinski definition) is 2. The van der Waals surface area contributed by atoms with Crippen LogP contribution in [0.2, 0.25) is 0 Å². The first-order valence-electron chi connectivity index (χ1n) is 6.87. The number of aromatic nitrogens is 3. The summed E-state index contributed by atoms with van der Waals surface area (Å²) in [5.74, 6) is -0.252. The zero-order valence-corrected chi connectivity index (χ0v) is 12.7. The van der Waals surface area contributed by atoms with Gasteiger partial charge in [-0.2, -0.15) is 5.10 Å². The highest BCUT2D eigenvalue weighted by molar-refractivity contribution is 7.15. The topological polar surface area (TPSA) is 70.7 Å². The highest BCUT2D eigenvalue weighted by Gasteiger charge is 2.23. The number of carbonyl (C=O) groups is 1. The van der Waals surface area contributed by atoms with Gasteiger partial charge >= 0.3 is 0 Å². The summed E-state index contributed by atoms with van der Waals surface area (Å²) >= 11 is 1.61. The molecule has 1 unspecified atom stereocenters. The number of aromatic amines is 1. The van der Waals surface area contributed by atoms with Gasteiger partial charge < -0.3 is 5.32 Å². The number of rotatable bonds is 3. The Bertz CT molecular complexity index is 617. The molecule has 1 aliphatic rings. The molecule has 2 heterocycles. The van der Waals surface area contributed by atoms with Crippen molar-refractivity contribution in [2.45, 2.75) is 46.0 Å². The fourth-order valence-corrected chi connectivity index (χ4v) is 3.84. The van der Waals surface area contributed by atoms with E-state index in [2.05, 4.69) is 20.5 Å². The van der Waals surface area contributed by atoms with Crippen molar-refractivity contribution in [2.24, 2.45) is 0 Å². The Labute approximate surface area is 121 Å². The van der Waals surface area contributed by atoms with Gasteiger partial charge in [0.1, 0.15) is 0 Å². The fraction of sp³-hybridized carbons (Fsp3) is 0.500. The maximum absolute atomic E-state index is 12.4. The molecule has 0 bridgehead atoms. The van der Waals surface area contributed by atoms with Gasteiger partial charge in [-0.05, 0) is 40.0 Å². The van der Waals surface area contributed by atoms with Crippen LogP contribution in [0.4, 0.5) is 5.13 Å². The number of hydrogen-bond acceptors (Lipinski definition) is 4. The van der Waals surface area contributed by atoms with Gasteiger partial charge in [-0.3, -0.25) is 9.89 Å². The summed E-state index contributed by atoms with van der Waals surface area (Å²) in [5, 5.41) is 10.7. The minimum atomic E-state index is -0.229. The lowest BCUT2D eigenvalue weighted by Crippen LogP contribution is -2.19. The Morgan fingerprint density at radius 1 is 1.40 bits per heavy atom. The third kappa shape index (κ3) is 2.24. The van der Waals surface area contributed by atoms with E-state index in [1.807, 2.05) is 20.8 Å². The number of thiazole rings is 1. The van der Waals surface area contributed by atoms with E-state index >= 15 is 0 Å². The van der Waals surface area contributed by atoms with Gasteiger partial charge in [0.15, 0.2) is 5.13 Å². The van der Waals surface area contributed by atoms with E-state index in [9.17, 15) is 4.79 Å². The molecule has 2 aromatic rings. The maximum Gasteiger partial charge on any atom is 0.233 e. The SMILES string of the molecule is Cc1n[nH]c(C)c1C(C)C(=O)Nc1nc2c(s1)CCC2. The molecule has 0 aromatic carbocycles. The third-order valence-corrected chi connectivity index (χ3v) is 4.91. The molecule has 0 aliphatic heterocycles. The molecule has 0 saturated carbocycles. The standard InChI is InChI=1S/C14H18N4OS/c1-7(12-8(2)17-18-9(12)3)13(19)16-14-15-10-5-4-6-11(10)20-14/h7H,4-6H2,1-3H3,(H,17,18)(H,15,16,19). The highest BCUT2D eigenvalue weighted by Crippen LogP contribution is 2.31. The van der Waals surface area contributed by atoms with Crippen molar-refractivity contribution in [3.05, 3.63) is 27.5 Å². The molecule has 1 atom stereocenters. The second-order valence-electron chi connectivity index (χ2n) is 5.30. The van der Waals surface area contributed by atoms with Crippen LogP contribution in [0.15, 0.2) is 0 Å². The van der Waals surface area contributed by atoms with Crippen molar-refractivity contribution in [1.29, 1.82) is 0 Å². The Kier molecular flexibility index (Phi) is 3.33. The number of amides is 1. The van der Waals surface area contributed by atoms with Crippen molar-refractivity contribution in [3.63, 3.8) is 0 Å². The summed E-state index contributed by atoms with van der Waals surface area (Å²) in [6.07, 6.45) is 3.32. The summed E-state index contributed by atoms with van der Waals surface area (Å²) in [6, 6.07) is 0. The minimum Gasteiger partial charge on any atom is -0.301 e. The van der Waals surface area contributed by atoms with Crippen molar-refractivity contribution in [2.75, 3.05) is 5.32 Å². The van der Waals surface area contributed by atoms with Crippen LogP contribution in [0.3, 0.4) is 0 Å². The third-order valence-electron chi connectivity index (χ3n) is 3.84. The van der Waals surface area contributed by atoms with Crippen LogP contribution in [0.1, 0.15) is 46.8 Å². The lowest BCUT2D eigenvalue weighted by Gasteiger charge is -2.11. The lowest BCUT2D eigenvalue weighted by molar-refractivity contribution is -0.117. The molecule has 5 nitrogen and oxygen atoms in total. The summed E-state index contributed by atoms with van der Waals surface area (Å²) in [5.41, 5.74) is 3.97. The maximum atomic E-state index is 12.4. The molecule has 6 heteroatoms. The smallest absolute Gasteiger partial charge is 0.233 e. The molecule has 0 fully saturated rings. The molecule has 0 saturated heterocycles. The number of carbonyl (C=O) groups excluding carboxylic acids is 1. The van der Waals surface area contributed by atoms with E-state index in [0.717, 1.165) is 40.6 Å². The Balaban J connectivity index is 1.75. The highest BCUT2D eigenvalue weighted by atomic mass is 32.1. The largest absolute Gasteiger partial charge is 0.301 e. The predicted molar refractivity (Wildman–Crippen MR) is 79.2 cm³/mol. The molecule has 2 aromatic heterocycles. The average molecular weight is 290 g/mol. The van der Waals surface area contributed by atoms with Crippen LogP contribution in [0.5, 0.6) is 0 Å². The zero-order valence-electron chi connectivity index (χ0n) is 11.9. The van der Waals surface area contributed by atoms with E-state index in [0.29, 0.717) is 0 Å². The molecule has 1 aliphatic carbocycles. The fourth-order valence-electron chi connectivity index (χ4n) is 2.79. The second-order valence-corrected chi connectivity index (χ2v) is 6.38. The number of nitrogens with one attached hydrogen (secondary N) is 2. The first-order chi connectivity index (χ1) is 9.56. The van der Waals surface area contributed by atoms with Crippen LogP contribution in [0, 0.1) is 13.8 Å². The van der Waals surface area contributed by atoms with Gasteiger partial charge in [0.25, 0.3) is 0 Å². The van der Waals surface area contributed by atoms with Crippen LogP contribution >= 0.6 is 11.3 Å². The number of fused-ring (bicyclic) bond motifs is 1. The molecule has 1 amide bonds. The van der Waals surface area contributed by atoms with Gasteiger partial charge in [0.2, 0.25) is 5.91 Å². The first kappa shape index (κ1) is 13.3. The zero-order chi connectivity index (χ0) is 14.3. The molecular weight excluding hydrogens is 272 g/mol. The second kappa shape index (κ2) is 5.01. The summed E-state index contributed by atoms with van der Waals surface area (Å²) in [7, 11) is 0. The number of aryl methyl sites for hydroxylation is 4. The molecule has 2 N–H and O–H groups in total. The van der Waals surface area contributed by atoms with E-state index in [4.69, 9.17) is 0 Å². The first-order valence-corrected chi connectivity index (χ1v) is 7.69. The van der Waals surface area contributed by atoms with E-state index in [1.165, 1.54) is 11.3 Å². The van der Waals surface area contributed by atoms with Crippen molar-refractivity contribution < 1.29 is 4.79 Å². The molecule has 20 heavy (non-hydrogen) atoms. The number of anilines is 1. The van der Waals surface area contributed by atoms with E-state index in [-0.39, 0.29) is 11.8 Å². The van der Waals surface area contributed by atoms with Gasteiger partial charge in [-0.1, -0.05) is 0 Å². The van der Waals surface area contributed by atoms with Crippen LogP contribution in [0.25, 0.3) is 0 Å². The predicted octanol–water partition coefficient (Wildman–Crippen LogP) is 2.71. The van der Waals surface area contributed by atoms with Gasteiger partial charge in [-0.25, -0.2) is 4.98 Å². The van der Waals surface area contributed by atoms with E-state index < -0.39 is 0 Å². The monoisotopic (exact) mass is 290 g/mol. The van der Waals surface area contributed by atoms with Crippen LogP contribution < -0.4 is 5.32 Å². The molecule has 0 radical (unpaired) electrons. The number of nitrogens with zero attached hydrogens (tertiary/aromatic N) is 2. The summed E-state index contributed by atoms with van der Waals surface area (Å²) in [4.78, 5) is 18.2. The van der Waals surface area contributed by atoms with Gasteiger partial charge in [-0.15, -0.1) is 11.3 Å². The van der Waals surface area contributed by atoms with Crippen LogP contribution in [-0.2, 0) is 17.6 Å². The molecule has 3 rings (SSSR count). The van der Waals surface area contributed by atoms with Crippen LogP contribution in [-0.4, -0.2) is 21.1 Å². The summed E-state index contributed by atoms with van der Waals surface area (Å²) in [6.45, 7) is 5.76. The Morgan fingerprint density at radius 3 is 2.85 bits per heavy atom. The summed E-state index contributed by atoms with van der Waals surface area (Å²) < 4.78 is 0. The molecule has 106 valence electrons. The quantitative estimate of drug-likeness (QED) is 0.913. The molecule has 0 spiro atoms.